The summed E-state index contributed by atoms with van der Waals surface area (Å²) in [5.41, 5.74) is 7.12. The van der Waals surface area contributed by atoms with Gasteiger partial charge in [-0.1, -0.05) is 60.7 Å². The fourth-order valence-corrected chi connectivity index (χ4v) is 2.41. The first kappa shape index (κ1) is 18.9. The lowest BCUT2D eigenvalue weighted by Gasteiger charge is -2.08. The summed E-state index contributed by atoms with van der Waals surface area (Å²) < 4.78 is 5.69. The molecule has 3 aromatic rings. The van der Waals surface area contributed by atoms with Crippen molar-refractivity contribution in [2.24, 2.45) is 0 Å². The largest absolute Gasteiger partial charge is 0.489 e. The van der Waals surface area contributed by atoms with Gasteiger partial charge in [0.05, 0.1) is 0 Å². The number of carbonyl (C=O) groups is 2. The van der Waals surface area contributed by atoms with Gasteiger partial charge in [0, 0.05) is 11.6 Å². The first-order chi connectivity index (χ1) is 13.7. The molecule has 0 radical (unpaired) electrons. The average molecular weight is 372 g/mol. The topological polar surface area (TPSA) is 67.4 Å². The molecule has 5 heteroatoms. The van der Waals surface area contributed by atoms with Crippen LogP contribution in [0.4, 0.5) is 0 Å². The Kier molecular flexibility index (Phi) is 6.57. The smallest absolute Gasteiger partial charge is 0.269 e. The van der Waals surface area contributed by atoms with Crippen molar-refractivity contribution in [3.8, 4) is 5.75 Å². The first-order valence-electron chi connectivity index (χ1n) is 8.81. The molecule has 0 fully saturated rings. The summed E-state index contributed by atoms with van der Waals surface area (Å²) in [5, 5.41) is 0. The summed E-state index contributed by atoms with van der Waals surface area (Å²) >= 11 is 0. The lowest BCUT2D eigenvalue weighted by atomic mass is 10.2. The lowest BCUT2D eigenvalue weighted by molar-refractivity contribution is -0.117. The highest BCUT2D eigenvalue weighted by Crippen LogP contribution is 2.14. The molecule has 3 rings (SSSR count). The molecule has 140 valence electrons. The van der Waals surface area contributed by atoms with Gasteiger partial charge >= 0.3 is 0 Å². The Morgan fingerprint density at radius 1 is 0.786 bits per heavy atom. The summed E-state index contributed by atoms with van der Waals surface area (Å²) in [7, 11) is 0. The SMILES string of the molecule is O=C(C=Cc1ccccc1)NNC(=O)c1ccc(OCc2ccccc2)cc1. The molecule has 0 aliphatic carbocycles. The van der Waals surface area contributed by atoms with Crippen LogP contribution in [0.15, 0.2) is 91.0 Å². The van der Waals surface area contributed by atoms with E-state index >= 15 is 0 Å². The van der Waals surface area contributed by atoms with Crippen LogP contribution >= 0.6 is 0 Å². The molecular formula is C23H20N2O3. The van der Waals surface area contributed by atoms with Crippen molar-refractivity contribution in [2.45, 2.75) is 6.61 Å². The van der Waals surface area contributed by atoms with E-state index in [-0.39, 0.29) is 0 Å². The number of rotatable bonds is 6. The van der Waals surface area contributed by atoms with Crippen molar-refractivity contribution in [2.75, 3.05) is 0 Å². The van der Waals surface area contributed by atoms with E-state index in [1.807, 2.05) is 60.7 Å². The molecule has 0 bridgehead atoms. The lowest BCUT2D eigenvalue weighted by Crippen LogP contribution is -2.40. The number of hydrogen-bond donors (Lipinski definition) is 2. The van der Waals surface area contributed by atoms with Crippen molar-refractivity contribution in [3.63, 3.8) is 0 Å². The van der Waals surface area contributed by atoms with Crippen molar-refractivity contribution in [1.82, 2.24) is 10.9 Å². The van der Waals surface area contributed by atoms with Gasteiger partial charge in [0.2, 0.25) is 0 Å². The normalized spacial score (nSPS) is 10.4. The number of hydrazine groups is 1. The maximum atomic E-state index is 12.1. The molecular weight excluding hydrogens is 352 g/mol. The fourth-order valence-electron chi connectivity index (χ4n) is 2.41. The minimum Gasteiger partial charge on any atom is -0.489 e. The molecule has 0 heterocycles. The Bertz CT molecular complexity index is 937. The van der Waals surface area contributed by atoms with Gasteiger partial charge in [-0.3, -0.25) is 20.4 Å². The standard InChI is InChI=1S/C23H20N2O3/c26-22(16-11-18-7-3-1-4-8-18)24-25-23(27)20-12-14-21(15-13-20)28-17-19-9-5-2-6-10-19/h1-16H,17H2,(H,24,26)(H,25,27). The van der Waals surface area contributed by atoms with Crippen LogP contribution in [0.2, 0.25) is 0 Å². The molecule has 0 saturated heterocycles. The van der Waals surface area contributed by atoms with E-state index in [2.05, 4.69) is 10.9 Å². The Morgan fingerprint density at radius 3 is 2.11 bits per heavy atom. The maximum Gasteiger partial charge on any atom is 0.269 e. The minimum absolute atomic E-state index is 0.406. The highest BCUT2D eigenvalue weighted by Gasteiger charge is 2.06. The summed E-state index contributed by atoms with van der Waals surface area (Å²) in [4.78, 5) is 23.9. The number of benzene rings is 3. The molecule has 2 amide bonds. The highest BCUT2D eigenvalue weighted by atomic mass is 16.5. The van der Waals surface area contributed by atoms with Crippen LogP contribution in [0.1, 0.15) is 21.5 Å². The van der Waals surface area contributed by atoms with Gasteiger partial charge in [-0.15, -0.1) is 0 Å². The van der Waals surface area contributed by atoms with Crippen LogP contribution in [-0.4, -0.2) is 11.8 Å². The number of nitrogens with one attached hydrogen (secondary N) is 2. The van der Waals surface area contributed by atoms with Gasteiger partial charge in [0.15, 0.2) is 0 Å². The zero-order chi connectivity index (χ0) is 19.6. The predicted molar refractivity (Wildman–Crippen MR) is 108 cm³/mol. The van der Waals surface area contributed by atoms with Crippen molar-refractivity contribution >= 4 is 17.9 Å². The van der Waals surface area contributed by atoms with E-state index in [1.54, 1.807) is 30.3 Å². The predicted octanol–water partition coefficient (Wildman–Crippen LogP) is 3.74. The first-order valence-corrected chi connectivity index (χ1v) is 8.81. The van der Waals surface area contributed by atoms with Gasteiger partial charge in [-0.05, 0) is 41.5 Å². The monoisotopic (exact) mass is 372 g/mol. The molecule has 0 aliphatic rings. The van der Waals surface area contributed by atoms with Crippen LogP contribution in [-0.2, 0) is 11.4 Å². The quantitative estimate of drug-likeness (QED) is 0.512. The highest BCUT2D eigenvalue weighted by molar-refractivity contribution is 5.97. The Balaban J connectivity index is 1.46. The molecule has 5 nitrogen and oxygen atoms in total. The second-order valence-corrected chi connectivity index (χ2v) is 5.99. The molecule has 0 atom stereocenters. The van der Waals surface area contributed by atoms with Crippen molar-refractivity contribution in [3.05, 3.63) is 108 Å². The Labute approximate surface area is 163 Å². The zero-order valence-electron chi connectivity index (χ0n) is 15.2. The third-order valence-corrected chi connectivity index (χ3v) is 3.89. The average Bonchev–Trinajstić information content (AvgIpc) is 2.76. The van der Waals surface area contributed by atoms with Crippen LogP contribution in [0.25, 0.3) is 6.08 Å². The molecule has 28 heavy (non-hydrogen) atoms. The second-order valence-electron chi connectivity index (χ2n) is 5.99. The summed E-state index contributed by atoms with van der Waals surface area (Å²) in [6, 6.07) is 26.0. The van der Waals surface area contributed by atoms with Crippen LogP contribution in [0, 0.1) is 0 Å². The summed E-state index contributed by atoms with van der Waals surface area (Å²) in [6.45, 7) is 0.455. The van der Waals surface area contributed by atoms with E-state index in [9.17, 15) is 9.59 Å². The van der Waals surface area contributed by atoms with Gasteiger partial charge in [0.25, 0.3) is 11.8 Å². The van der Waals surface area contributed by atoms with Crippen LogP contribution in [0.5, 0.6) is 5.75 Å². The molecule has 0 unspecified atom stereocenters. The number of hydrogen-bond acceptors (Lipinski definition) is 3. The van der Waals surface area contributed by atoms with Gasteiger partial charge < -0.3 is 4.74 Å². The number of carbonyl (C=O) groups excluding carboxylic acids is 2. The molecule has 0 spiro atoms. The summed E-state index contributed by atoms with van der Waals surface area (Å²) in [5.74, 6) is -0.161. The van der Waals surface area contributed by atoms with E-state index in [4.69, 9.17) is 4.74 Å². The zero-order valence-corrected chi connectivity index (χ0v) is 15.2. The van der Waals surface area contributed by atoms with Crippen molar-refractivity contribution in [1.29, 1.82) is 0 Å². The van der Waals surface area contributed by atoms with E-state index < -0.39 is 11.8 Å². The molecule has 0 saturated carbocycles. The fraction of sp³-hybridized carbons (Fsp3) is 0.0435. The van der Waals surface area contributed by atoms with Crippen LogP contribution in [0.3, 0.4) is 0 Å². The van der Waals surface area contributed by atoms with Crippen LogP contribution < -0.4 is 15.6 Å². The molecule has 3 aromatic carbocycles. The maximum absolute atomic E-state index is 12.1. The van der Waals surface area contributed by atoms with E-state index in [1.165, 1.54) is 6.08 Å². The molecule has 2 N–H and O–H groups in total. The molecule has 0 aromatic heterocycles. The third kappa shape index (κ3) is 5.85. The van der Waals surface area contributed by atoms with Gasteiger partial charge in [-0.25, -0.2) is 0 Å². The van der Waals surface area contributed by atoms with Gasteiger partial charge in [-0.2, -0.15) is 0 Å². The minimum atomic E-state index is -0.417. The van der Waals surface area contributed by atoms with E-state index in [0.717, 1.165) is 11.1 Å². The Morgan fingerprint density at radius 2 is 1.43 bits per heavy atom. The van der Waals surface area contributed by atoms with Crippen molar-refractivity contribution < 1.29 is 14.3 Å². The summed E-state index contributed by atoms with van der Waals surface area (Å²) in [6.07, 6.45) is 3.02. The number of ether oxygens (including phenoxy) is 1. The number of amides is 2. The molecule has 0 aliphatic heterocycles. The second kappa shape index (κ2) is 9.73. The van der Waals surface area contributed by atoms with Gasteiger partial charge in [0.1, 0.15) is 12.4 Å². The van der Waals surface area contributed by atoms with E-state index in [0.29, 0.717) is 17.9 Å². The third-order valence-electron chi connectivity index (χ3n) is 3.89. The Hall–Kier alpha value is -3.86.